The van der Waals surface area contributed by atoms with Gasteiger partial charge in [-0.25, -0.2) is 9.37 Å². The molecule has 0 spiro atoms. The highest BCUT2D eigenvalue weighted by Gasteiger charge is 2.18. The molecule has 0 aromatic carbocycles. The van der Waals surface area contributed by atoms with Gasteiger partial charge in [0, 0.05) is 31.2 Å². The number of halogens is 1. The molecule has 0 saturated carbocycles. The Labute approximate surface area is 116 Å². The summed E-state index contributed by atoms with van der Waals surface area (Å²) in [5.41, 5.74) is 0.906. The normalized spacial score (nSPS) is 13.1. The third-order valence-corrected chi connectivity index (χ3v) is 3.52. The number of nitrogens with one attached hydrogen (secondary N) is 1. The van der Waals surface area contributed by atoms with Gasteiger partial charge in [-0.3, -0.25) is 0 Å². The Balaban J connectivity index is 2.98. The number of hydrogen-bond donors (Lipinski definition) is 1. The van der Waals surface area contributed by atoms with Crippen molar-refractivity contribution in [1.82, 2.24) is 10.3 Å². The summed E-state index contributed by atoms with van der Waals surface area (Å²) in [6, 6.07) is 2.29. The Morgan fingerprint density at radius 2 is 1.89 bits per heavy atom. The molecule has 0 aliphatic rings. The minimum absolute atomic E-state index is 0.282. The summed E-state index contributed by atoms with van der Waals surface area (Å²) in [6.07, 6.45) is 1.29. The van der Waals surface area contributed by atoms with Crippen LogP contribution in [-0.4, -0.2) is 24.1 Å². The van der Waals surface area contributed by atoms with E-state index in [0.717, 1.165) is 11.4 Å². The first-order valence-corrected chi connectivity index (χ1v) is 6.93. The first kappa shape index (κ1) is 15.9. The molecule has 1 atom stereocenters. The summed E-state index contributed by atoms with van der Waals surface area (Å²) in [5, 5.41) is 3.32. The van der Waals surface area contributed by atoms with Crippen molar-refractivity contribution in [2.45, 2.75) is 53.2 Å². The van der Waals surface area contributed by atoms with Gasteiger partial charge in [0.2, 0.25) is 0 Å². The van der Waals surface area contributed by atoms with Crippen molar-refractivity contribution in [3.8, 4) is 0 Å². The molecule has 0 amide bonds. The maximum absolute atomic E-state index is 13.4. The van der Waals surface area contributed by atoms with Gasteiger partial charge in [0.25, 0.3) is 0 Å². The van der Waals surface area contributed by atoms with E-state index in [9.17, 15) is 4.39 Å². The van der Waals surface area contributed by atoms with Crippen molar-refractivity contribution in [2.24, 2.45) is 5.92 Å². The lowest BCUT2D eigenvalue weighted by Gasteiger charge is -2.30. The average Bonchev–Trinajstić information content (AvgIpc) is 2.34. The van der Waals surface area contributed by atoms with Gasteiger partial charge >= 0.3 is 0 Å². The second-order valence-electron chi connectivity index (χ2n) is 5.77. The number of anilines is 1. The maximum Gasteiger partial charge on any atom is 0.141 e. The lowest BCUT2D eigenvalue weighted by atomic mass is 10.0. The smallest absolute Gasteiger partial charge is 0.141 e. The first-order valence-electron chi connectivity index (χ1n) is 6.93. The fourth-order valence-corrected chi connectivity index (χ4v) is 1.88. The monoisotopic (exact) mass is 267 g/mol. The largest absolute Gasteiger partial charge is 0.356 e. The van der Waals surface area contributed by atoms with Crippen molar-refractivity contribution in [2.75, 3.05) is 11.9 Å². The van der Waals surface area contributed by atoms with Crippen LogP contribution in [-0.2, 0) is 6.54 Å². The molecule has 108 valence electrons. The van der Waals surface area contributed by atoms with Gasteiger partial charge in [-0.1, -0.05) is 27.7 Å². The summed E-state index contributed by atoms with van der Waals surface area (Å²) < 4.78 is 13.4. The molecule has 3 nitrogen and oxygen atoms in total. The van der Waals surface area contributed by atoms with Crippen LogP contribution < -0.4 is 10.2 Å². The highest BCUT2D eigenvalue weighted by Crippen LogP contribution is 2.22. The van der Waals surface area contributed by atoms with Crippen molar-refractivity contribution in [1.29, 1.82) is 0 Å². The molecule has 1 aromatic heterocycles. The average molecular weight is 267 g/mol. The highest BCUT2D eigenvalue weighted by molar-refractivity contribution is 5.47. The third-order valence-electron chi connectivity index (χ3n) is 3.52. The minimum Gasteiger partial charge on any atom is -0.356 e. The number of aromatic nitrogens is 1. The predicted molar refractivity (Wildman–Crippen MR) is 78.9 cm³/mol. The SMILES string of the molecule is CC(C)NCc1cc(F)cnc1N(C)C(C)C(C)C. The van der Waals surface area contributed by atoms with Crippen LogP contribution in [0.25, 0.3) is 0 Å². The standard InChI is InChI=1S/C15H26FN3/c1-10(2)12(5)19(6)15-13(8-17-11(3)4)7-14(16)9-18-15/h7,9-12,17H,8H2,1-6H3. The van der Waals surface area contributed by atoms with Gasteiger partial charge in [0.05, 0.1) is 6.20 Å². The molecule has 1 rings (SSSR count). The Hall–Kier alpha value is -1.16. The van der Waals surface area contributed by atoms with Crippen molar-refractivity contribution in [3.63, 3.8) is 0 Å². The summed E-state index contributed by atoms with van der Waals surface area (Å²) in [5.74, 6) is 1.09. The lowest BCUT2D eigenvalue weighted by Crippen LogP contribution is -2.35. The van der Waals surface area contributed by atoms with Crippen LogP contribution in [0.15, 0.2) is 12.3 Å². The summed E-state index contributed by atoms with van der Waals surface area (Å²) in [7, 11) is 2.02. The highest BCUT2D eigenvalue weighted by atomic mass is 19.1. The molecule has 1 unspecified atom stereocenters. The van der Waals surface area contributed by atoms with Gasteiger partial charge in [0.1, 0.15) is 11.6 Å². The van der Waals surface area contributed by atoms with Crippen LogP contribution in [0.1, 0.15) is 40.2 Å². The van der Waals surface area contributed by atoms with E-state index in [0.29, 0.717) is 24.5 Å². The van der Waals surface area contributed by atoms with Crippen LogP contribution in [0.3, 0.4) is 0 Å². The molecule has 0 aliphatic heterocycles. The van der Waals surface area contributed by atoms with Crippen molar-refractivity contribution < 1.29 is 4.39 Å². The van der Waals surface area contributed by atoms with Gasteiger partial charge in [-0.05, 0) is 18.9 Å². The minimum atomic E-state index is -0.282. The number of rotatable bonds is 6. The fourth-order valence-electron chi connectivity index (χ4n) is 1.88. The Morgan fingerprint density at radius 1 is 1.26 bits per heavy atom. The molecule has 1 N–H and O–H groups in total. The quantitative estimate of drug-likeness (QED) is 0.858. The molecular formula is C15H26FN3. The Bertz CT molecular complexity index is 404. The Morgan fingerprint density at radius 3 is 2.42 bits per heavy atom. The summed E-state index contributed by atoms with van der Waals surface area (Å²) in [4.78, 5) is 6.40. The molecule has 1 heterocycles. The van der Waals surface area contributed by atoms with Crippen LogP contribution in [0.5, 0.6) is 0 Å². The molecule has 0 fully saturated rings. The summed E-state index contributed by atoms with van der Waals surface area (Å²) in [6.45, 7) is 11.3. The second-order valence-corrected chi connectivity index (χ2v) is 5.77. The third kappa shape index (κ3) is 4.46. The zero-order chi connectivity index (χ0) is 14.6. The van der Waals surface area contributed by atoms with Gasteiger partial charge in [-0.15, -0.1) is 0 Å². The van der Waals surface area contributed by atoms with Gasteiger partial charge < -0.3 is 10.2 Å². The van der Waals surface area contributed by atoms with Crippen LogP contribution in [0.4, 0.5) is 10.2 Å². The van der Waals surface area contributed by atoms with E-state index >= 15 is 0 Å². The van der Waals surface area contributed by atoms with E-state index in [2.05, 4.69) is 49.8 Å². The summed E-state index contributed by atoms with van der Waals surface area (Å²) >= 11 is 0. The number of nitrogens with zero attached hydrogens (tertiary/aromatic N) is 2. The lowest BCUT2D eigenvalue weighted by molar-refractivity contribution is 0.498. The van der Waals surface area contributed by atoms with E-state index in [-0.39, 0.29) is 5.82 Å². The number of pyridine rings is 1. The van der Waals surface area contributed by atoms with E-state index in [1.54, 1.807) is 6.07 Å². The molecule has 0 aliphatic carbocycles. The van der Waals surface area contributed by atoms with Gasteiger partial charge in [-0.2, -0.15) is 0 Å². The molecule has 0 bridgehead atoms. The molecular weight excluding hydrogens is 241 g/mol. The van der Waals surface area contributed by atoms with E-state index in [1.165, 1.54) is 6.20 Å². The van der Waals surface area contributed by atoms with Gasteiger partial charge in [0.15, 0.2) is 0 Å². The topological polar surface area (TPSA) is 28.2 Å². The fraction of sp³-hybridized carbons (Fsp3) is 0.667. The van der Waals surface area contributed by atoms with Crippen LogP contribution >= 0.6 is 0 Å². The zero-order valence-electron chi connectivity index (χ0n) is 12.9. The predicted octanol–water partition coefficient (Wildman–Crippen LogP) is 3.20. The first-order chi connectivity index (χ1) is 8.82. The number of hydrogen-bond acceptors (Lipinski definition) is 3. The van der Waals surface area contributed by atoms with Crippen LogP contribution in [0, 0.1) is 11.7 Å². The van der Waals surface area contributed by atoms with Crippen molar-refractivity contribution >= 4 is 5.82 Å². The van der Waals surface area contributed by atoms with Crippen molar-refractivity contribution in [3.05, 3.63) is 23.6 Å². The molecule has 1 aromatic rings. The zero-order valence-corrected chi connectivity index (χ0v) is 12.9. The maximum atomic E-state index is 13.4. The molecule has 19 heavy (non-hydrogen) atoms. The van der Waals surface area contributed by atoms with E-state index in [1.807, 2.05) is 7.05 Å². The molecule has 0 saturated heterocycles. The van der Waals surface area contributed by atoms with E-state index < -0.39 is 0 Å². The second kappa shape index (κ2) is 6.85. The Kier molecular flexibility index (Phi) is 5.73. The molecule has 4 heteroatoms. The molecule has 0 radical (unpaired) electrons. The van der Waals surface area contributed by atoms with E-state index in [4.69, 9.17) is 0 Å². The van der Waals surface area contributed by atoms with Crippen LogP contribution in [0.2, 0.25) is 0 Å².